The summed E-state index contributed by atoms with van der Waals surface area (Å²) in [5.74, 6) is -0.297. The minimum absolute atomic E-state index is 0.213. The van der Waals surface area contributed by atoms with Crippen LogP contribution in [-0.4, -0.2) is 140 Å². The molecule has 0 radical (unpaired) electrons. The molecule has 2 saturated heterocycles. The first-order valence-electron chi connectivity index (χ1n) is 29.8. The van der Waals surface area contributed by atoms with Gasteiger partial charge >= 0.3 is 0 Å². The monoisotopic (exact) mass is 1070 g/mol. The van der Waals surface area contributed by atoms with Gasteiger partial charge in [0.1, 0.15) is 48.8 Å². The Hall–Kier alpha value is -2.83. The van der Waals surface area contributed by atoms with Crippen molar-refractivity contribution >= 4 is 5.91 Å². The van der Waals surface area contributed by atoms with Gasteiger partial charge in [-0.15, -0.1) is 0 Å². The number of aliphatic hydroxyl groups excluding tert-OH is 8. The molecule has 9 N–H and O–H groups in total. The van der Waals surface area contributed by atoms with Crippen molar-refractivity contribution in [2.24, 2.45) is 0 Å². The highest BCUT2D eigenvalue weighted by atomic mass is 16.7. The Kier molecular flexibility index (Phi) is 42.9. The topological polar surface area (TPSA) is 228 Å². The number of nitrogens with one attached hydrogen (secondary N) is 1. The maximum atomic E-state index is 13.2. The molecule has 0 aromatic carbocycles. The molecule has 0 saturated carbocycles. The number of hydrogen-bond donors (Lipinski definition) is 9. The van der Waals surface area contributed by atoms with Gasteiger partial charge in [-0.1, -0.05) is 202 Å². The van der Waals surface area contributed by atoms with E-state index in [2.05, 4.69) is 92.1 Å². The van der Waals surface area contributed by atoms with Crippen LogP contribution in [0.4, 0.5) is 0 Å². The molecule has 2 aliphatic rings. The summed E-state index contributed by atoms with van der Waals surface area (Å²) in [4.78, 5) is 13.2. The molecule has 1 amide bonds. The Labute approximate surface area is 459 Å². The number of carbonyl (C=O) groups is 1. The van der Waals surface area contributed by atoms with Crippen LogP contribution in [0.15, 0.2) is 85.1 Å². The largest absolute Gasteiger partial charge is 0.394 e. The summed E-state index contributed by atoms with van der Waals surface area (Å²) in [6.45, 7) is 2.62. The zero-order valence-corrected chi connectivity index (χ0v) is 47.0. The molecule has 14 nitrogen and oxygen atoms in total. The number of amides is 1. The molecule has 2 heterocycles. The summed E-state index contributed by atoms with van der Waals surface area (Å²) < 4.78 is 22.7. The molecule has 2 rings (SSSR count). The predicted octanol–water partition coefficient (Wildman–Crippen LogP) is 10.1. The smallest absolute Gasteiger partial charge is 0.220 e. The average molecular weight is 1070 g/mol. The lowest BCUT2D eigenvalue weighted by Crippen LogP contribution is -2.65. The van der Waals surface area contributed by atoms with Crippen molar-refractivity contribution in [3.8, 4) is 0 Å². The second-order valence-electron chi connectivity index (χ2n) is 20.7. The van der Waals surface area contributed by atoms with E-state index >= 15 is 0 Å². The molecule has 438 valence electrons. The number of hydrogen-bond acceptors (Lipinski definition) is 13. The standard InChI is InChI=1S/C62H107NO13/c1-3-5-7-9-11-13-15-17-19-20-21-22-23-24-25-26-27-28-29-30-32-33-35-37-39-41-43-45-51(66)50(63-54(67)46-44-42-40-38-36-34-31-18-16-14-12-10-8-6-4-2)49-73-61-59(72)57(70)60(53(48-65)75-61)76-62-58(71)56(69)55(68)52(47-64)74-62/h6,8,12,14,18,29-31,35-38,43,45,50-53,55-62,64-66,68-72H,3-5,7,9-11,13,15-17,19-28,32-34,39-42,44,46-49H2,1-2H3,(H,63,67)/b8-6-,14-12-,30-29+,31-18-,37-35+,38-36-,45-43+. The van der Waals surface area contributed by atoms with Crippen LogP contribution in [0, 0.1) is 0 Å². The first-order valence-corrected chi connectivity index (χ1v) is 29.8. The van der Waals surface area contributed by atoms with Crippen LogP contribution in [0.5, 0.6) is 0 Å². The molecule has 12 atom stereocenters. The molecular formula is C62H107NO13. The Morgan fingerprint density at radius 3 is 1.45 bits per heavy atom. The Morgan fingerprint density at radius 1 is 0.487 bits per heavy atom. The number of unbranched alkanes of at least 4 members (excludes halogenated alkanes) is 21. The van der Waals surface area contributed by atoms with Crippen LogP contribution in [0.1, 0.15) is 206 Å². The molecule has 0 bridgehead atoms. The molecule has 0 spiro atoms. The summed E-state index contributed by atoms with van der Waals surface area (Å²) in [6, 6.07) is -0.965. The lowest BCUT2D eigenvalue weighted by molar-refractivity contribution is -0.359. The SMILES string of the molecule is CC/C=C\C/C=C\C/C=C\C/C=C\CCCCC(=O)NC(COC1OC(CO)C(OC2OC(CO)C(O)C(O)C2O)C(O)C1O)C(O)/C=C/CC/C=C/CC/C=C/CCCCCCCCCCCCCCCCCCC. The van der Waals surface area contributed by atoms with Crippen molar-refractivity contribution in [1.29, 1.82) is 0 Å². The molecule has 76 heavy (non-hydrogen) atoms. The highest BCUT2D eigenvalue weighted by Crippen LogP contribution is 2.30. The van der Waals surface area contributed by atoms with E-state index in [1.165, 1.54) is 109 Å². The normalized spacial score (nSPS) is 25.5. The molecular weight excluding hydrogens is 967 g/mol. The maximum absolute atomic E-state index is 13.2. The molecule has 14 heteroatoms. The summed E-state index contributed by atoms with van der Waals surface area (Å²) in [5.41, 5.74) is 0. The zero-order chi connectivity index (χ0) is 55.3. The van der Waals surface area contributed by atoms with Gasteiger partial charge < -0.3 is 65.1 Å². The fourth-order valence-electron chi connectivity index (χ4n) is 9.25. The average Bonchev–Trinajstić information content (AvgIpc) is 3.42. The Morgan fingerprint density at radius 2 is 0.921 bits per heavy atom. The summed E-state index contributed by atoms with van der Waals surface area (Å²) in [5, 5.41) is 87.0. The fraction of sp³-hybridized carbons (Fsp3) is 0.758. The van der Waals surface area contributed by atoms with Crippen LogP contribution < -0.4 is 5.32 Å². The predicted molar refractivity (Wildman–Crippen MR) is 304 cm³/mol. The molecule has 0 aromatic heterocycles. The molecule has 0 aromatic rings. The highest BCUT2D eigenvalue weighted by Gasteiger charge is 2.51. The van der Waals surface area contributed by atoms with E-state index < -0.39 is 86.8 Å². The van der Waals surface area contributed by atoms with Crippen molar-refractivity contribution in [3.05, 3.63) is 85.1 Å². The molecule has 0 aliphatic carbocycles. The van der Waals surface area contributed by atoms with Crippen LogP contribution >= 0.6 is 0 Å². The van der Waals surface area contributed by atoms with Crippen LogP contribution in [0.3, 0.4) is 0 Å². The highest BCUT2D eigenvalue weighted by molar-refractivity contribution is 5.76. The number of carbonyl (C=O) groups excluding carboxylic acids is 1. The third-order valence-electron chi connectivity index (χ3n) is 14.0. The number of rotatable bonds is 46. The van der Waals surface area contributed by atoms with E-state index in [0.29, 0.717) is 12.8 Å². The van der Waals surface area contributed by atoms with Crippen molar-refractivity contribution in [1.82, 2.24) is 5.32 Å². The van der Waals surface area contributed by atoms with Crippen molar-refractivity contribution in [2.75, 3.05) is 19.8 Å². The summed E-state index contributed by atoms with van der Waals surface area (Å²) in [7, 11) is 0. The van der Waals surface area contributed by atoms with E-state index in [-0.39, 0.29) is 18.9 Å². The number of ether oxygens (including phenoxy) is 4. The first-order chi connectivity index (χ1) is 37.1. The summed E-state index contributed by atoms with van der Waals surface area (Å²) in [6.07, 6.45) is 46.4. The fourth-order valence-corrected chi connectivity index (χ4v) is 9.25. The molecule has 12 unspecified atom stereocenters. The lowest BCUT2D eigenvalue weighted by Gasteiger charge is -2.46. The van der Waals surface area contributed by atoms with Gasteiger partial charge in [0, 0.05) is 6.42 Å². The quantitative estimate of drug-likeness (QED) is 0.0205. The zero-order valence-electron chi connectivity index (χ0n) is 47.0. The van der Waals surface area contributed by atoms with Gasteiger partial charge in [-0.3, -0.25) is 4.79 Å². The van der Waals surface area contributed by atoms with E-state index in [9.17, 15) is 45.6 Å². The second kappa shape index (κ2) is 47.0. The number of allylic oxidation sites excluding steroid dienone is 13. The van der Waals surface area contributed by atoms with E-state index in [0.717, 1.165) is 64.2 Å². The van der Waals surface area contributed by atoms with Crippen LogP contribution in [0.2, 0.25) is 0 Å². The van der Waals surface area contributed by atoms with Crippen LogP contribution in [0.25, 0.3) is 0 Å². The van der Waals surface area contributed by atoms with Crippen molar-refractivity contribution < 1.29 is 64.6 Å². The number of aliphatic hydroxyl groups is 8. The van der Waals surface area contributed by atoms with Gasteiger partial charge in [0.15, 0.2) is 12.6 Å². The minimum atomic E-state index is -1.80. The van der Waals surface area contributed by atoms with Gasteiger partial charge in [-0.2, -0.15) is 0 Å². The van der Waals surface area contributed by atoms with Crippen molar-refractivity contribution in [2.45, 2.75) is 280 Å². The summed E-state index contributed by atoms with van der Waals surface area (Å²) >= 11 is 0. The van der Waals surface area contributed by atoms with Crippen LogP contribution in [-0.2, 0) is 23.7 Å². The molecule has 2 aliphatic heterocycles. The third-order valence-corrected chi connectivity index (χ3v) is 14.0. The second-order valence-corrected chi connectivity index (χ2v) is 20.7. The van der Waals surface area contributed by atoms with Gasteiger partial charge in [0.05, 0.1) is 32.0 Å². The van der Waals surface area contributed by atoms with Gasteiger partial charge in [0.2, 0.25) is 5.91 Å². The molecule has 2 fully saturated rings. The van der Waals surface area contributed by atoms with Gasteiger partial charge in [-0.25, -0.2) is 0 Å². The first kappa shape index (κ1) is 69.3. The van der Waals surface area contributed by atoms with Gasteiger partial charge in [-0.05, 0) is 83.5 Å². The Balaban J connectivity index is 1.78. The van der Waals surface area contributed by atoms with E-state index in [1.807, 2.05) is 6.08 Å². The van der Waals surface area contributed by atoms with Gasteiger partial charge in [0.25, 0.3) is 0 Å². The Bertz CT molecular complexity index is 1600. The lowest BCUT2D eigenvalue weighted by atomic mass is 9.97. The van der Waals surface area contributed by atoms with Crippen molar-refractivity contribution in [3.63, 3.8) is 0 Å². The minimum Gasteiger partial charge on any atom is -0.394 e. The maximum Gasteiger partial charge on any atom is 0.220 e. The third kappa shape index (κ3) is 32.3. The van der Waals surface area contributed by atoms with E-state index in [1.54, 1.807) is 6.08 Å². The van der Waals surface area contributed by atoms with E-state index in [4.69, 9.17) is 18.9 Å².